The Hall–Kier alpha value is -1.72. The summed E-state index contributed by atoms with van der Waals surface area (Å²) in [7, 11) is 0. The van der Waals surface area contributed by atoms with Crippen LogP contribution in [-0.4, -0.2) is 17.4 Å². The van der Waals surface area contributed by atoms with Gasteiger partial charge in [0.15, 0.2) is 5.13 Å². The molecule has 4 nitrogen and oxygen atoms in total. The maximum absolute atomic E-state index is 11.3. The molecule has 0 aliphatic rings. The molecule has 19 heavy (non-hydrogen) atoms. The molecule has 0 aliphatic heterocycles. The molecule has 2 rings (SSSR count). The Bertz CT molecular complexity index is 619. The average Bonchev–Trinajstić information content (AvgIpc) is 2.73. The zero-order valence-electron chi connectivity index (χ0n) is 11.3. The number of anilines is 1. The molecule has 0 bridgehead atoms. The number of amides is 1. The van der Waals surface area contributed by atoms with Gasteiger partial charge in [0.25, 0.3) is 0 Å². The molecule has 2 aromatic rings. The van der Waals surface area contributed by atoms with Crippen LogP contribution in [0.1, 0.15) is 16.0 Å². The summed E-state index contributed by atoms with van der Waals surface area (Å²) in [6.45, 7) is 6.13. The summed E-state index contributed by atoms with van der Waals surface area (Å²) in [5.41, 5.74) is 9.76. The maximum Gasteiger partial charge on any atom is 0.239 e. The van der Waals surface area contributed by atoms with Crippen LogP contribution in [-0.2, 0) is 4.79 Å². The number of nitrogens with two attached hydrogens (primary N) is 1. The van der Waals surface area contributed by atoms with Gasteiger partial charge in [0.1, 0.15) is 0 Å². The topological polar surface area (TPSA) is 68.0 Å². The highest BCUT2D eigenvalue weighted by Crippen LogP contribution is 2.31. The van der Waals surface area contributed by atoms with Crippen molar-refractivity contribution >= 4 is 22.4 Å². The van der Waals surface area contributed by atoms with Gasteiger partial charge < -0.3 is 11.1 Å². The number of hydrogen-bond acceptors (Lipinski definition) is 4. The first-order valence-corrected chi connectivity index (χ1v) is 6.88. The van der Waals surface area contributed by atoms with Crippen LogP contribution in [0.15, 0.2) is 18.2 Å². The maximum atomic E-state index is 11.3. The Kier molecular flexibility index (Phi) is 3.97. The number of benzene rings is 1. The van der Waals surface area contributed by atoms with Gasteiger partial charge in [-0.05, 0) is 38.0 Å². The quantitative estimate of drug-likeness (QED) is 0.904. The monoisotopic (exact) mass is 275 g/mol. The van der Waals surface area contributed by atoms with Crippen molar-refractivity contribution in [3.05, 3.63) is 34.2 Å². The number of aromatic nitrogens is 1. The van der Waals surface area contributed by atoms with Gasteiger partial charge in [0.2, 0.25) is 5.91 Å². The van der Waals surface area contributed by atoms with Crippen molar-refractivity contribution in [2.75, 3.05) is 11.9 Å². The van der Waals surface area contributed by atoms with E-state index in [9.17, 15) is 4.79 Å². The lowest BCUT2D eigenvalue weighted by Gasteiger charge is -2.03. The van der Waals surface area contributed by atoms with Crippen LogP contribution in [0.25, 0.3) is 11.3 Å². The lowest BCUT2D eigenvalue weighted by Crippen LogP contribution is -2.21. The molecule has 0 aliphatic carbocycles. The molecular formula is C14H17N3OS. The van der Waals surface area contributed by atoms with E-state index < -0.39 is 0 Å². The average molecular weight is 275 g/mol. The van der Waals surface area contributed by atoms with Gasteiger partial charge >= 0.3 is 0 Å². The van der Waals surface area contributed by atoms with Crippen LogP contribution in [0.3, 0.4) is 0 Å². The standard InChI is InChI=1S/C14H17N3OS/c1-8-4-5-11(6-9(8)2)13-10(3)19-14(17-13)16-12(18)7-15/h4-6H,7,15H2,1-3H3,(H,16,17,18). The van der Waals surface area contributed by atoms with Crippen LogP contribution in [0.4, 0.5) is 5.13 Å². The fourth-order valence-corrected chi connectivity index (χ4v) is 2.63. The minimum absolute atomic E-state index is 0.0302. The first-order chi connectivity index (χ1) is 9.01. The van der Waals surface area contributed by atoms with Gasteiger partial charge in [0.05, 0.1) is 12.2 Å². The van der Waals surface area contributed by atoms with Gasteiger partial charge in [0, 0.05) is 10.4 Å². The van der Waals surface area contributed by atoms with Crippen LogP contribution < -0.4 is 11.1 Å². The largest absolute Gasteiger partial charge is 0.322 e. The normalized spacial score (nSPS) is 10.5. The van der Waals surface area contributed by atoms with Gasteiger partial charge in [-0.25, -0.2) is 4.98 Å². The number of nitrogens with zero attached hydrogens (tertiary/aromatic N) is 1. The lowest BCUT2D eigenvalue weighted by molar-refractivity contribution is -0.114. The fourth-order valence-electron chi connectivity index (χ4n) is 1.78. The van der Waals surface area contributed by atoms with E-state index in [1.807, 2.05) is 6.92 Å². The Balaban J connectivity index is 2.34. The summed E-state index contributed by atoms with van der Waals surface area (Å²) in [5, 5.41) is 3.29. The number of rotatable bonds is 3. The summed E-state index contributed by atoms with van der Waals surface area (Å²) < 4.78 is 0. The van der Waals surface area contributed by atoms with Crippen molar-refractivity contribution < 1.29 is 4.79 Å². The minimum Gasteiger partial charge on any atom is -0.322 e. The van der Waals surface area contributed by atoms with Crippen molar-refractivity contribution in [1.29, 1.82) is 0 Å². The molecule has 0 atom stereocenters. The van der Waals surface area contributed by atoms with Crippen molar-refractivity contribution in [1.82, 2.24) is 4.98 Å². The van der Waals surface area contributed by atoms with Gasteiger partial charge in [-0.15, -0.1) is 11.3 Å². The van der Waals surface area contributed by atoms with Crippen molar-refractivity contribution in [2.45, 2.75) is 20.8 Å². The number of hydrogen-bond donors (Lipinski definition) is 2. The lowest BCUT2D eigenvalue weighted by atomic mass is 10.0. The zero-order valence-corrected chi connectivity index (χ0v) is 12.1. The van der Waals surface area contributed by atoms with Crippen molar-refractivity contribution in [3.63, 3.8) is 0 Å². The molecular weight excluding hydrogens is 258 g/mol. The Morgan fingerprint density at radius 3 is 2.68 bits per heavy atom. The second-order valence-corrected chi connectivity index (χ2v) is 5.68. The highest BCUT2D eigenvalue weighted by molar-refractivity contribution is 7.16. The molecule has 0 radical (unpaired) electrons. The highest BCUT2D eigenvalue weighted by atomic mass is 32.1. The number of carbonyl (C=O) groups is 1. The highest BCUT2D eigenvalue weighted by Gasteiger charge is 2.11. The molecule has 1 aromatic heterocycles. The molecule has 0 fully saturated rings. The number of aryl methyl sites for hydroxylation is 3. The van der Waals surface area contributed by atoms with E-state index in [2.05, 4.69) is 42.3 Å². The molecule has 3 N–H and O–H groups in total. The summed E-state index contributed by atoms with van der Waals surface area (Å²) >= 11 is 1.46. The smallest absolute Gasteiger partial charge is 0.239 e. The third-order valence-corrected chi connectivity index (χ3v) is 3.89. The molecule has 0 unspecified atom stereocenters. The predicted molar refractivity (Wildman–Crippen MR) is 79.4 cm³/mol. The number of thiazole rings is 1. The molecule has 0 saturated carbocycles. The van der Waals surface area contributed by atoms with Crippen molar-refractivity contribution in [3.8, 4) is 11.3 Å². The molecule has 1 amide bonds. The van der Waals surface area contributed by atoms with E-state index >= 15 is 0 Å². The van der Waals surface area contributed by atoms with Gasteiger partial charge in [-0.3, -0.25) is 4.79 Å². The van der Waals surface area contributed by atoms with E-state index in [1.165, 1.54) is 22.5 Å². The summed E-state index contributed by atoms with van der Waals surface area (Å²) in [4.78, 5) is 16.8. The first kappa shape index (κ1) is 13.7. The molecule has 1 heterocycles. The Labute approximate surface area is 116 Å². The van der Waals surface area contributed by atoms with E-state index in [0.717, 1.165) is 16.1 Å². The molecule has 5 heteroatoms. The third-order valence-electron chi connectivity index (χ3n) is 3.01. The summed E-state index contributed by atoms with van der Waals surface area (Å²) in [6.07, 6.45) is 0. The predicted octanol–water partition coefficient (Wildman–Crippen LogP) is 2.63. The van der Waals surface area contributed by atoms with E-state index in [1.54, 1.807) is 0 Å². The van der Waals surface area contributed by atoms with Gasteiger partial charge in [-0.1, -0.05) is 12.1 Å². The third kappa shape index (κ3) is 3.00. The van der Waals surface area contributed by atoms with E-state index in [4.69, 9.17) is 5.73 Å². The van der Waals surface area contributed by atoms with Crippen LogP contribution in [0.2, 0.25) is 0 Å². The van der Waals surface area contributed by atoms with E-state index in [0.29, 0.717) is 5.13 Å². The number of nitrogens with one attached hydrogen (secondary N) is 1. The zero-order chi connectivity index (χ0) is 14.0. The van der Waals surface area contributed by atoms with Crippen molar-refractivity contribution in [2.24, 2.45) is 5.73 Å². The Morgan fingerprint density at radius 1 is 1.32 bits per heavy atom. The summed E-state index contributed by atoms with van der Waals surface area (Å²) in [5.74, 6) is -0.222. The SMILES string of the molecule is Cc1ccc(-c2nc(NC(=O)CN)sc2C)cc1C. The molecule has 0 spiro atoms. The Morgan fingerprint density at radius 2 is 2.05 bits per heavy atom. The fraction of sp³-hybridized carbons (Fsp3) is 0.286. The van der Waals surface area contributed by atoms with Crippen LogP contribution in [0, 0.1) is 20.8 Å². The second-order valence-electron chi connectivity index (χ2n) is 4.48. The van der Waals surface area contributed by atoms with Crippen LogP contribution >= 0.6 is 11.3 Å². The molecule has 100 valence electrons. The molecule has 1 aromatic carbocycles. The first-order valence-electron chi connectivity index (χ1n) is 6.06. The summed E-state index contributed by atoms with van der Waals surface area (Å²) in [6, 6.07) is 6.26. The number of carbonyl (C=O) groups excluding carboxylic acids is 1. The van der Waals surface area contributed by atoms with E-state index in [-0.39, 0.29) is 12.5 Å². The van der Waals surface area contributed by atoms with Crippen LogP contribution in [0.5, 0.6) is 0 Å². The second kappa shape index (κ2) is 5.50. The molecule has 0 saturated heterocycles. The van der Waals surface area contributed by atoms with Gasteiger partial charge in [-0.2, -0.15) is 0 Å². The minimum atomic E-state index is -0.222.